The van der Waals surface area contributed by atoms with E-state index in [9.17, 15) is 19.5 Å². The SMILES string of the molecule is CC1CCN(C(=O)[C@H](CN(C)C)NC(=O)OCC2c3ccccc3-c3ccccc32)C(C(=O)O)C1. The fraction of sp³-hybridized carbons (Fsp3) is 0.444. The predicted molar refractivity (Wildman–Crippen MR) is 132 cm³/mol. The summed E-state index contributed by atoms with van der Waals surface area (Å²) in [5.74, 6) is -1.28. The number of carboxylic acid groups (broad SMARTS) is 1. The van der Waals surface area contributed by atoms with E-state index in [1.54, 1.807) is 19.0 Å². The number of aliphatic carboxylic acids is 1. The van der Waals surface area contributed by atoms with Crippen molar-refractivity contribution in [2.24, 2.45) is 5.92 Å². The number of benzene rings is 2. The number of nitrogens with zero attached hydrogens (tertiary/aromatic N) is 2. The Morgan fingerprint density at radius 1 is 1.09 bits per heavy atom. The Bertz CT molecular complexity index is 1060. The highest BCUT2D eigenvalue weighted by Gasteiger charge is 2.38. The Hall–Kier alpha value is -3.39. The Kier molecular flexibility index (Phi) is 7.40. The number of hydrogen-bond acceptors (Lipinski definition) is 5. The minimum Gasteiger partial charge on any atom is -0.480 e. The second-order valence-electron chi connectivity index (χ2n) is 9.80. The van der Waals surface area contributed by atoms with Gasteiger partial charge >= 0.3 is 12.1 Å². The summed E-state index contributed by atoms with van der Waals surface area (Å²) in [6.07, 6.45) is 0.444. The van der Waals surface area contributed by atoms with Crippen LogP contribution < -0.4 is 5.32 Å². The third-order valence-electron chi connectivity index (χ3n) is 6.91. The van der Waals surface area contributed by atoms with Crippen molar-refractivity contribution in [3.63, 3.8) is 0 Å². The van der Waals surface area contributed by atoms with Crippen LogP contribution in [0.5, 0.6) is 0 Å². The third kappa shape index (κ3) is 5.32. The highest BCUT2D eigenvalue weighted by molar-refractivity contribution is 5.89. The van der Waals surface area contributed by atoms with Crippen LogP contribution in [0.25, 0.3) is 11.1 Å². The molecule has 8 heteroatoms. The average Bonchev–Trinajstić information content (AvgIpc) is 3.15. The maximum absolute atomic E-state index is 13.3. The van der Waals surface area contributed by atoms with Gasteiger partial charge in [-0.1, -0.05) is 55.5 Å². The zero-order valence-corrected chi connectivity index (χ0v) is 20.4. The summed E-state index contributed by atoms with van der Waals surface area (Å²) in [7, 11) is 3.60. The largest absolute Gasteiger partial charge is 0.480 e. The molecule has 1 aliphatic carbocycles. The van der Waals surface area contributed by atoms with Crippen LogP contribution in [0, 0.1) is 5.92 Å². The third-order valence-corrected chi connectivity index (χ3v) is 6.91. The zero-order chi connectivity index (χ0) is 25.1. The lowest BCUT2D eigenvalue weighted by atomic mass is 9.92. The van der Waals surface area contributed by atoms with Crippen LogP contribution >= 0.6 is 0 Å². The van der Waals surface area contributed by atoms with Gasteiger partial charge < -0.3 is 25.0 Å². The molecule has 1 fully saturated rings. The maximum atomic E-state index is 13.3. The van der Waals surface area contributed by atoms with Crippen LogP contribution in [0.2, 0.25) is 0 Å². The number of carbonyl (C=O) groups excluding carboxylic acids is 2. The second kappa shape index (κ2) is 10.5. The lowest BCUT2D eigenvalue weighted by Gasteiger charge is -2.38. The molecule has 2 amide bonds. The smallest absolute Gasteiger partial charge is 0.407 e. The lowest BCUT2D eigenvalue weighted by molar-refractivity contribution is -0.154. The van der Waals surface area contributed by atoms with Crippen LogP contribution in [0.4, 0.5) is 4.79 Å². The summed E-state index contributed by atoms with van der Waals surface area (Å²) in [4.78, 5) is 41.2. The number of ether oxygens (including phenoxy) is 1. The summed E-state index contributed by atoms with van der Waals surface area (Å²) in [6, 6.07) is 14.4. The van der Waals surface area contributed by atoms with E-state index in [4.69, 9.17) is 4.74 Å². The maximum Gasteiger partial charge on any atom is 0.407 e. The van der Waals surface area contributed by atoms with Crippen LogP contribution in [0.15, 0.2) is 48.5 Å². The van der Waals surface area contributed by atoms with Gasteiger partial charge in [-0.3, -0.25) is 4.79 Å². The standard InChI is InChI=1S/C27H33N3O5/c1-17-12-13-30(24(14-17)26(32)33)25(31)23(15-29(2)3)28-27(34)35-16-22-20-10-6-4-8-18(20)19-9-5-7-11-21(19)22/h4-11,17,22-24H,12-16H2,1-3H3,(H,28,34)(H,32,33)/t17?,23-,24?/m0/s1. The first-order valence-electron chi connectivity index (χ1n) is 12.1. The molecule has 4 rings (SSSR count). The summed E-state index contributed by atoms with van der Waals surface area (Å²) < 4.78 is 5.62. The quantitative estimate of drug-likeness (QED) is 0.633. The molecule has 0 bridgehead atoms. The number of alkyl carbamates (subject to hydrolysis) is 1. The van der Waals surface area contributed by atoms with Crippen molar-refractivity contribution < 1.29 is 24.2 Å². The van der Waals surface area contributed by atoms with Crippen molar-refractivity contribution in [3.8, 4) is 11.1 Å². The minimum absolute atomic E-state index is 0.0869. The van der Waals surface area contributed by atoms with Crippen LogP contribution in [0.3, 0.4) is 0 Å². The summed E-state index contributed by atoms with van der Waals surface area (Å²) in [5, 5.41) is 12.4. The highest BCUT2D eigenvalue weighted by atomic mass is 16.5. The van der Waals surface area contributed by atoms with Crippen molar-refractivity contribution in [3.05, 3.63) is 59.7 Å². The van der Waals surface area contributed by atoms with E-state index in [0.29, 0.717) is 13.0 Å². The molecular formula is C27H33N3O5. The van der Waals surface area contributed by atoms with Gasteiger partial charge in [0.1, 0.15) is 18.7 Å². The van der Waals surface area contributed by atoms with Gasteiger partial charge in [0, 0.05) is 19.0 Å². The molecule has 35 heavy (non-hydrogen) atoms. The van der Waals surface area contributed by atoms with Gasteiger partial charge in [-0.15, -0.1) is 0 Å². The molecule has 2 aromatic carbocycles. The van der Waals surface area contributed by atoms with E-state index in [0.717, 1.165) is 28.7 Å². The summed E-state index contributed by atoms with van der Waals surface area (Å²) in [6.45, 7) is 2.72. The molecule has 1 heterocycles. The molecule has 2 unspecified atom stereocenters. The average molecular weight is 480 g/mol. The molecule has 1 aliphatic heterocycles. The number of piperidine rings is 1. The normalized spacial score (nSPS) is 20.2. The number of nitrogens with one attached hydrogen (secondary N) is 1. The van der Waals surface area contributed by atoms with Gasteiger partial charge in [0.15, 0.2) is 0 Å². The Morgan fingerprint density at radius 3 is 2.26 bits per heavy atom. The first-order valence-corrected chi connectivity index (χ1v) is 12.1. The van der Waals surface area contributed by atoms with Crippen LogP contribution in [-0.2, 0) is 14.3 Å². The van der Waals surface area contributed by atoms with Crippen molar-refractivity contribution in [2.45, 2.75) is 37.8 Å². The molecule has 3 atom stereocenters. The zero-order valence-electron chi connectivity index (χ0n) is 20.4. The number of fused-ring (bicyclic) bond motifs is 3. The molecule has 0 radical (unpaired) electrons. The van der Waals surface area contributed by atoms with Crippen molar-refractivity contribution in [1.29, 1.82) is 0 Å². The molecule has 8 nitrogen and oxygen atoms in total. The number of likely N-dealkylation sites (tertiary alicyclic amines) is 1. The fourth-order valence-electron chi connectivity index (χ4n) is 5.17. The highest BCUT2D eigenvalue weighted by Crippen LogP contribution is 2.44. The number of amides is 2. The Morgan fingerprint density at radius 2 is 1.69 bits per heavy atom. The van der Waals surface area contributed by atoms with Gasteiger partial charge in [0.05, 0.1) is 0 Å². The molecule has 2 aliphatic rings. The molecule has 0 spiro atoms. The Labute approximate surface area is 205 Å². The summed E-state index contributed by atoms with van der Waals surface area (Å²) in [5.41, 5.74) is 4.48. The van der Waals surface area contributed by atoms with Crippen LogP contribution in [-0.4, -0.2) is 78.8 Å². The van der Waals surface area contributed by atoms with E-state index in [2.05, 4.69) is 17.4 Å². The second-order valence-corrected chi connectivity index (χ2v) is 9.80. The number of carboxylic acids is 1. The molecule has 1 saturated heterocycles. The van der Waals surface area contributed by atoms with Gasteiger partial charge in [-0.2, -0.15) is 0 Å². The predicted octanol–water partition coefficient (Wildman–Crippen LogP) is 3.17. The number of carbonyl (C=O) groups is 3. The van der Waals surface area contributed by atoms with Crippen molar-refractivity contribution >= 4 is 18.0 Å². The van der Waals surface area contributed by atoms with E-state index < -0.39 is 30.1 Å². The molecule has 186 valence electrons. The molecule has 2 aromatic rings. The molecular weight excluding hydrogens is 446 g/mol. The topological polar surface area (TPSA) is 99.2 Å². The Balaban J connectivity index is 1.45. The van der Waals surface area contributed by atoms with Gasteiger partial charge in [-0.25, -0.2) is 9.59 Å². The number of hydrogen-bond donors (Lipinski definition) is 2. The van der Waals surface area contributed by atoms with Gasteiger partial charge in [0.25, 0.3) is 0 Å². The fourth-order valence-corrected chi connectivity index (χ4v) is 5.17. The lowest BCUT2D eigenvalue weighted by Crippen LogP contribution is -2.58. The van der Waals surface area contributed by atoms with E-state index in [1.165, 1.54) is 4.90 Å². The van der Waals surface area contributed by atoms with E-state index in [-0.39, 0.29) is 25.0 Å². The first-order chi connectivity index (χ1) is 16.8. The minimum atomic E-state index is -1.02. The van der Waals surface area contributed by atoms with Gasteiger partial charge in [-0.05, 0) is 55.1 Å². The van der Waals surface area contributed by atoms with Crippen molar-refractivity contribution in [2.75, 3.05) is 33.8 Å². The molecule has 0 saturated carbocycles. The molecule has 2 N–H and O–H groups in total. The first kappa shape index (κ1) is 24.7. The van der Waals surface area contributed by atoms with E-state index >= 15 is 0 Å². The monoisotopic (exact) mass is 479 g/mol. The van der Waals surface area contributed by atoms with Crippen LogP contribution in [0.1, 0.15) is 36.8 Å². The van der Waals surface area contributed by atoms with E-state index in [1.807, 2.05) is 43.3 Å². The number of rotatable bonds is 7. The molecule has 0 aromatic heterocycles. The summed E-state index contributed by atoms with van der Waals surface area (Å²) >= 11 is 0. The van der Waals surface area contributed by atoms with Gasteiger partial charge in [0.2, 0.25) is 5.91 Å². The van der Waals surface area contributed by atoms with Crippen molar-refractivity contribution in [1.82, 2.24) is 15.1 Å². The number of likely N-dealkylation sites (N-methyl/N-ethyl adjacent to an activating group) is 1.